The molecule has 0 radical (unpaired) electrons. The third-order valence-corrected chi connectivity index (χ3v) is 1.35. The molecule has 76 valence electrons. The van der Waals surface area contributed by atoms with E-state index in [1.165, 1.54) is 20.8 Å². The molecule has 0 saturated carbocycles. The smallest absolute Gasteiger partial charge is 0.302 e. The van der Waals surface area contributed by atoms with Crippen molar-refractivity contribution in [2.45, 2.75) is 33.0 Å². The Kier molecular flexibility index (Phi) is 5.06. The van der Waals surface area contributed by atoms with E-state index in [9.17, 15) is 14.7 Å². The number of hydrogen-bond donors (Lipinski definition) is 1. The van der Waals surface area contributed by atoms with E-state index >= 15 is 0 Å². The van der Waals surface area contributed by atoms with Crippen LogP contribution in [0.3, 0.4) is 0 Å². The van der Waals surface area contributed by atoms with Crippen molar-refractivity contribution in [1.82, 2.24) is 0 Å². The second-order valence-electron chi connectivity index (χ2n) is 2.68. The molecule has 1 N–H and O–H groups in total. The molecule has 0 aliphatic heterocycles. The van der Waals surface area contributed by atoms with E-state index in [1.54, 1.807) is 0 Å². The highest BCUT2D eigenvalue weighted by molar-refractivity contribution is 5.66. The van der Waals surface area contributed by atoms with Gasteiger partial charge < -0.3 is 14.6 Å². The predicted molar refractivity (Wildman–Crippen MR) is 43.9 cm³/mol. The summed E-state index contributed by atoms with van der Waals surface area (Å²) in [6.07, 6.45) is -1.65. The Bertz CT molecular complexity index is 189. The fraction of sp³-hybridized carbons (Fsp3) is 0.750. The molecule has 0 rings (SSSR count). The van der Waals surface area contributed by atoms with Gasteiger partial charge in [-0.15, -0.1) is 0 Å². The fourth-order valence-corrected chi connectivity index (χ4v) is 0.679. The van der Waals surface area contributed by atoms with Crippen LogP contribution < -0.4 is 0 Å². The van der Waals surface area contributed by atoms with Gasteiger partial charge in [0, 0.05) is 13.8 Å². The molecule has 0 aliphatic rings. The molecular formula is C8H14O5. The van der Waals surface area contributed by atoms with Crippen LogP contribution in [0.5, 0.6) is 0 Å². The molecule has 0 bridgehead atoms. The summed E-state index contributed by atoms with van der Waals surface area (Å²) >= 11 is 0. The lowest BCUT2D eigenvalue weighted by Gasteiger charge is -2.17. The lowest BCUT2D eigenvalue weighted by molar-refractivity contribution is -0.156. The second-order valence-corrected chi connectivity index (χ2v) is 2.68. The van der Waals surface area contributed by atoms with Gasteiger partial charge in [-0.3, -0.25) is 9.59 Å². The average molecular weight is 190 g/mol. The number of carbonyl (C=O) groups is 2. The van der Waals surface area contributed by atoms with E-state index in [2.05, 4.69) is 9.47 Å². The maximum absolute atomic E-state index is 10.5. The van der Waals surface area contributed by atoms with E-state index in [1.807, 2.05) is 0 Å². The van der Waals surface area contributed by atoms with Gasteiger partial charge in [0.15, 0.2) is 0 Å². The molecule has 13 heavy (non-hydrogen) atoms. The van der Waals surface area contributed by atoms with Gasteiger partial charge in [0.05, 0.1) is 0 Å². The van der Waals surface area contributed by atoms with Gasteiger partial charge in [0.2, 0.25) is 0 Å². The maximum atomic E-state index is 10.5. The Morgan fingerprint density at radius 3 is 2.23 bits per heavy atom. The van der Waals surface area contributed by atoms with Crippen molar-refractivity contribution in [2.75, 3.05) is 6.61 Å². The molecular weight excluding hydrogens is 176 g/mol. The van der Waals surface area contributed by atoms with Crippen molar-refractivity contribution in [3.8, 4) is 0 Å². The number of esters is 2. The van der Waals surface area contributed by atoms with Gasteiger partial charge >= 0.3 is 11.9 Å². The summed E-state index contributed by atoms with van der Waals surface area (Å²) in [5, 5.41) is 9.26. The Morgan fingerprint density at radius 2 is 1.85 bits per heavy atom. The van der Waals surface area contributed by atoms with Crippen LogP contribution in [-0.2, 0) is 19.1 Å². The normalized spacial score (nSPS) is 14.5. The van der Waals surface area contributed by atoms with Gasteiger partial charge in [-0.2, -0.15) is 0 Å². The van der Waals surface area contributed by atoms with Crippen LogP contribution in [0.25, 0.3) is 0 Å². The van der Waals surface area contributed by atoms with Gasteiger partial charge in [-0.05, 0) is 6.92 Å². The van der Waals surface area contributed by atoms with Crippen molar-refractivity contribution in [3.05, 3.63) is 0 Å². The van der Waals surface area contributed by atoms with E-state index in [-0.39, 0.29) is 6.61 Å². The third-order valence-electron chi connectivity index (χ3n) is 1.35. The molecule has 5 heteroatoms. The Labute approximate surface area is 76.6 Å². The summed E-state index contributed by atoms with van der Waals surface area (Å²) in [6, 6.07) is 0. The van der Waals surface area contributed by atoms with E-state index in [4.69, 9.17) is 0 Å². The SMILES string of the molecule is CC(=O)OCC(O)C(C)OC(C)=O. The zero-order valence-corrected chi connectivity index (χ0v) is 7.94. The zero-order valence-electron chi connectivity index (χ0n) is 7.94. The zero-order chi connectivity index (χ0) is 10.4. The fourth-order valence-electron chi connectivity index (χ4n) is 0.679. The first-order valence-corrected chi connectivity index (χ1v) is 3.92. The number of carbonyl (C=O) groups excluding carboxylic acids is 2. The van der Waals surface area contributed by atoms with Crippen molar-refractivity contribution in [2.24, 2.45) is 0 Å². The highest BCUT2D eigenvalue weighted by atomic mass is 16.6. The third kappa shape index (κ3) is 6.10. The molecule has 0 aromatic carbocycles. The summed E-state index contributed by atoms with van der Waals surface area (Å²) in [4.78, 5) is 20.8. The summed E-state index contributed by atoms with van der Waals surface area (Å²) in [5.41, 5.74) is 0. The van der Waals surface area contributed by atoms with Crippen molar-refractivity contribution in [1.29, 1.82) is 0 Å². The van der Waals surface area contributed by atoms with Crippen LogP contribution in [0, 0.1) is 0 Å². The van der Waals surface area contributed by atoms with E-state index in [0.717, 1.165) is 0 Å². The number of aliphatic hydroxyl groups excluding tert-OH is 1. The Morgan fingerprint density at radius 1 is 1.31 bits per heavy atom. The van der Waals surface area contributed by atoms with Crippen LogP contribution in [0.2, 0.25) is 0 Å². The molecule has 0 heterocycles. The first-order valence-electron chi connectivity index (χ1n) is 3.92. The van der Waals surface area contributed by atoms with E-state index in [0.29, 0.717) is 0 Å². The summed E-state index contributed by atoms with van der Waals surface area (Å²) < 4.78 is 9.19. The molecule has 0 aromatic rings. The van der Waals surface area contributed by atoms with Crippen LogP contribution in [-0.4, -0.2) is 35.9 Å². The number of hydrogen-bond acceptors (Lipinski definition) is 5. The lowest BCUT2D eigenvalue weighted by Crippen LogP contribution is -2.32. The first kappa shape index (κ1) is 11.9. The number of ether oxygens (including phenoxy) is 2. The number of aliphatic hydroxyl groups is 1. The highest BCUT2D eigenvalue weighted by Gasteiger charge is 2.17. The van der Waals surface area contributed by atoms with Gasteiger partial charge in [0.25, 0.3) is 0 Å². The first-order chi connectivity index (χ1) is 5.93. The van der Waals surface area contributed by atoms with Crippen LogP contribution in [0.1, 0.15) is 20.8 Å². The minimum Gasteiger partial charge on any atom is -0.463 e. The highest BCUT2D eigenvalue weighted by Crippen LogP contribution is 2.00. The molecule has 0 aromatic heterocycles. The summed E-state index contributed by atoms with van der Waals surface area (Å²) in [7, 11) is 0. The molecule has 2 unspecified atom stereocenters. The van der Waals surface area contributed by atoms with Crippen molar-refractivity contribution < 1.29 is 24.2 Å². The molecule has 5 nitrogen and oxygen atoms in total. The monoisotopic (exact) mass is 190 g/mol. The molecule has 0 spiro atoms. The maximum Gasteiger partial charge on any atom is 0.302 e. The minimum absolute atomic E-state index is 0.163. The molecule has 0 saturated heterocycles. The van der Waals surface area contributed by atoms with Gasteiger partial charge in [-0.1, -0.05) is 0 Å². The quantitative estimate of drug-likeness (QED) is 0.625. The molecule has 2 atom stereocenters. The lowest BCUT2D eigenvalue weighted by atomic mass is 10.2. The standard InChI is InChI=1S/C8H14O5/c1-5(13-7(3)10)8(11)4-12-6(2)9/h5,8,11H,4H2,1-3H3. The second kappa shape index (κ2) is 5.53. The topological polar surface area (TPSA) is 72.8 Å². The van der Waals surface area contributed by atoms with Crippen LogP contribution >= 0.6 is 0 Å². The molecule has 0 amide bonds. The summed E-state index contributed by atoms with van der Waals surface area (Å²) in [6.45, 7) is 3.84. The summed E-state index contributed by atoms with van der Waals surface area (Å²) in [5.74, 6) is -0.955. The largest absolute Gasteiger partial charge is 0.463 e. The molecule has 0 fully saturated rings. The van der Waals surface area contributed by atoms with Crippen molar-refractivity contribution in [3.63, 3.8) is 0 Å². The van der Waals surface area contributed by atoms with Crippen LogP contribution in [0.15, 0.2) is 0 Å². The molecule has 0 aliphatic carbocycles. The Balaban J connectivity index is 3.75. The predicted octanol–water partition coefficient (Wildman–Crippen LogP) is -0.138. The minimum atomic E-state index is -0.979. The van der Waals surface area contributed by atoms with E-state index < -0.39 is 24.1 Å². The van der Waals surface area contributed by atoms with Crippen molar-refractivity contribution >= 4 is 11.9 Å². The van der Waals surface area contributed by atoms with Crippen LogP contribution in [0.4, 0.5) is 0 Å². The van der Waals surface area contributed by atoms with Gasteiger partial charge in [0.1, 0.15) is 18.8 Å². The average Bonchev–Trinajstić information content (AvgIpc) is 1.98. The number of rotatable bonds is 4. The van der Waals surface area contributed by atoms with Gasteiger partial charge in [-0.25, -0.2) is 0 Å². The Hall–Kier alpha value is -1.10.